The fraction of sp³-hybridized carbons (Fsp3) is 0.914. The van der Waals surface area contributed by atoms with Gasteiger partial charge in [0.15, 0.2) is 0 Å². The molecule has 6 nitrogen and oxygen atoms in total. The molecule has 76 heavy (non-hydrogen) atoms. The number of hydrogen-bond acceptors (Lipinski definition) is 5. The van der Waals surface area contributed by atoms with E-state index in [4.69, 9.17) is 4.74 Å². The maximum atomic E-state index is 12.5. The largest absolute Gasteiger partial charge is 0.466 e. The molecule has 0 radical (unpaired) electrons. The van der Waals surface area contributed by atoms with Gasteiger partial charge in [0.25, 0.3) is 0 Å². The second-order valence-corrected chi connectivity index (χ2v) is 23.9. The SMILES string of the molecule is CCC/C=C\C/C=C\CCCCCCCC(=O)OCCCCCCCCCCCCCCCCCCCCCCCCCCCCCCC(=O)NC(CO)C(O)CCCCCCCCCCCCCCCCCCCC. The monoisotopic (exact) mass is 1070 g/mol. The summed E-state index contributed by atoms with van der Waals surface area (Å²) in [5.74, 6) is -0.0242. The molecular weight excluding hydrogens is 935 g/mol. The molecule has 2 atom stereocenters. The van der Waals surface area contributed by atoms with Crippen LogP contribution >= 0.6 is 0 Å². The highest BCUT2D eigenvalue weighted by atomic mass is 16.5. The van der Waals surface area contributed by atoms with Gasteiger partial charge in [-0.3, -0.25) is 9.59 Å². The molecule has 3 N–H and O–H groups in total. The average Bonchev–Trinajstić information content (AvgIpc) is 3.42. The fourth-order valence-corrected chi connectivity index (χ4v) is 11.0. The van der Waals surface area contributed by atoms with Gasteiger partial charge >= 0.3 is 5.97 Å². The van der Waals surface area contributed by atoms with Crippen LogP contribution in [0.25, 0.3) is 0 Å². The first-order valence-electron chi connectivity index (χ1n) is 34.6. The highest BCUT2D eigenvalue weighted by molar-refractivity contribution is 5.76. The molecule has 0 saturated carbocycles. The van der Waals surface area contributed by atoms with Gasteiger partial charge in [0.2, 0.25) is 5.91 Å². The summed E-state index contributed by atoms with van der Waals surface area (Å²) in [5, 5.41) is 23.4. The van der Waals surface area contributed by atoms with Gasteiger partial charge < -0.3 is 20.3 Å². The third-order valence-electron chi connectivity index (χ3n) is 16.2. The van der Waals surface area contributed by atoms with Gasteiger partial charge in [-0.15, -0.1) is 0 Å². The first-order chi connectivity index (χ1) is 37.5. The van der Waals surface area contributed by atoms with E-state index >= 15 is 0 Å². The number of allylic oxidation sites excluding steroid dienone is 4. The molecule has 0 aliphatic carbocycles. The first-order valence-corrected chi connectivity index (χ1v) is 34.6. The van der Waals surface area contributed by atoms with Gasteiger partial charge in [0, 0.05) is 12.8 Å². The summed E-state index contributed by atoms with van der Waals surface area (Å²) in [7, 11) is 0. The van der Waals surface area contributed by atoms with E-state index in [2.05, 4.69) is 43.5 Å². The second kappa shape index (κ2) is 65.9. The summed E-state index contributed by atoms with van der Waals surface area (Å²) < 4.78 is 5.48. The van der Waals surface area contributed by atoms with E-state index < -0.39 is 12.1 Å². The maximum absolute atomic E-state index is 12.5. The average molecular weight is 1070 g/mol. The summed E-state index contributed by atoms with van der Waals surface area (Å²) in [5.41, 5.74) is 0. The van der Waals surface area contributed by atoms with E-state index in [0.717, 1.165) is 51.4 Å². The van der Waals surface area contributed by atoms with E-state index in [1.54, 1.807) is 0 Å². The van der Waals surface area contributed by atoms with Crippen LogP contribution in [0.2, 0.25) is 0 Å². The standard InChI is InChI=1S/C70H135NO5/c1-3-5-7-9-11-13-15-17-18-19-32-35-39-42-46-50-54-58-62-68(73)67(66-72)71-69(74)63-59-55-51-47-43-40-36-33-30-28-26-24-22-20-21-23-25-27-29-31-34-37-41-45-49-53-57-61-65-76-70(75)64-60-56-52-48-44-38-16-14-12-10-8-6-4-2/h8,10,14,16,67-68,72-73H,3-7,9,11-13,15,17-66H2,1-2H3,(H,71,74)/b10-8-,16-14-. The van der Waals surface area contributed by atoms with Crippen molar-refractivity contribution in [3.05, 3.63) is 24.3 Å². The lowest BCUT2D eigenvalue weighted by Gasteiger charge is -2.22. The zero-order chi connectivity index (χ0) is 55.0. The second-order valence-electron chi connectivity index (χ2n) is 23.9. The molecule has 1 amide bonds. The minimum absolute atomic E-state index is 0.00398. The van der Waals surface area contributed by atoms with E-state index in [0.29, 0.717) is 25.9 Å². The molecule has 0 aromatic rings. The van der Waals surface area contributed by atoms with Crippen LogP contribution in [0, 0.1) is 0 Å². The number of aliphatic hydroxyl groups is 2. The summed E-state index contributed by atoms with van der Waals surface area (Å²) in [4.78, 5) is 24.6. The Morgan fingerprint density at radius 1 is 0.368 bits per heavy atom. The van der Waals surface area contributed by atoms with Crippen molar-refractivity contribution in [3.8, 4) is 0 Å². The molecule has 0 bridgehead atoms. The van der Waals surface area contributed by atoms with Crippen LogP contribution in [-0.4, -0.2) is 47.4 Å². The van der Waals surface area contributed by atoms with Crippen molar-refractivity contribution in [3.63, 3.8) is 0 Å². The zero-order valence-corrected chi connectivity index (χ0v) is 51.5. The summed E-state index contributed by atoms with van der Waals surface area (Å²) in [6.45, 7) is 4.92. The van der Waals surface area contributed by atoms with Crippen molar-refractivity contribution in [2.24, 2.45) is 0 Å². The molecule has 0 aromatic carbocycles. The van der Waals surface area contributed by atoms with Gasteiger partial charge in [-0.05, 0) is 51.4 Å². The summed E-state index contributed by atoms with van der Waals surface area (Å²) in [6, 6.07) is -0.539. The van der Waals surface area contributed by atoms with Crippen molar-refractivity contribution < 1.29 is 24.5 Å². The zero-order valence-electron chi connectivity index (χ0n) is 51.5. The maximum Gasteiger partial charge on any atom is 0.305 e. The van der Waals surface area contributed by atoms with Gasteiger partial charge in [0.1, 0.15) is 0 Å². The Bertz CT molecular complexity index is 1190. The molecule has 0 fully saturated rings. The topological polar surface area (TPSA) is 95.9 Å². The third kappa shape index (κ3) is 61.6. The number of rotatable bonds is 65. The Morgan fingerprint density at radius 3 is 1.05 bits per heavy atom. The Hall–Kier alpha value is -1.66. The highest BCUT2D eigenvalue weighted by Crippen LogP contribution is 2.19. The first kappa shape index (κ1) is 74.3. The molecule has 0 aromatic heterocycles. The van der Waals surface area contributed by atoms with Gasteiger partial charge in [0.05, 0.1) is 25.4 Å². The molecule has 450 valence electrons. The van der Waals surface area contributed by atoms with Crippen LogP contribution in [0.1, 0.15) is 386 Å². The lowest BCUT2D eigenvalue weighted by atomic mass is 10.0. The number of carbonyl (C=O) groups is 2. The lowest BCUT2D eigenvalue weighted by molar-refractivity contribution is -0.143. The van der Waals surface area contributed by atoms with Crippen LogP contribution in [-0.2, 0) is 14.3 Å². The number of hydrogen-bond donors (Lipinski definition) is 3. The third-order valence-corrected chi connectivity index (χ3v) is 16.2. The van der Waals surface area contributed by atoms with E-state index in [1.807, 2.05) is 0 Å². The minimum Gasteiger partial charge on any atom is -0.466 e. The van der Waals surface area contributed by atoms with E-state index in [-0.39, 0.29) is 18.5 Å². The Kier molecular flexibility index (Phi) is 64.4. The quantitative estimate of drug-likeness (QED) is 0.0320. The van der Waals surface area contributed by atoms with Crippen molar-refractivity contribution in [2.45, 2.75) is 398 Å². The van der Waals surface area contributed by atoms with Crippen molar-refractivity contribution in [2.75, 3.05) is 13.2 Å². The van der Waals surface area contributed by atoms with Crippen LogP contribution in [0.3, 0.4) is 0 Å². The van der Waals surface area contributed by atoms with Crippen LogP contribution < -0.4 is 5.32 Å². The number of nitrogens with one attached hydrogen (secondary N) is 1. The Morgan fingerprint density at radius 2 is 0.684 bits per heavy atom. The number of unbranched alkanes of at least 4 members (excludes halogenated alkanes) is 50. The molecular formula is C70H135NO5. The molecule has 0 heterocycles. The van der Waals surface area contributed by atoms with E-state index in [1.165, 1.54) is 302 Å². The molecule has 0 rings (SSSR count). The minimum atomic E-state index is -0.662. The highest BCUT2D eigenvalue weighted by Gasteiger charge is 2.20. The number of ether oxygens (including phenoxy) is 1. The van der Waals surface area contributed by atoms with Gasteiger partial charge in [-0.1, -0.05) is 346 Å². The summed E-state index contributed by atoms with van der Waals surface area (Å²) >= 11 is 0. The predicted octanol–water partition coefficient (Wildman–Crippen LogP) is 22.1. The van der Waals surface area contributed by atoms with Crippen molar-refractivity contribution in [1.82, 2.24) is 5.32 Å². The molecule has 2 unspecified atom stereocenters. The smallest absolute Gasteiger partial charge is 0.305 e. The summed E-state index contributed by atoms with van der Waals surface area (Å²) in [6.07, 6.45) is 82.2. The van der Waals surface area contributed by atoms with Gasteiger partial charge in [-0.2, -0.15) is 0 Å². The van der Waals surface area contributed by atoms with Crippen molar-refractivity contribution in [1.29, 1.82) is 0 Å². The number of aliphatic hydroxyl groups excluding tert-OH is 2. The van der Waals surface area contributed by atoms with Crippen LogP contribution in [0.5, 0.6) is 0 Å². The van der Waals surface area contributed by atoms with Gasteiger partial charge in [-0.25, -0.2) is 0 Å². The molecule has 0 spiro atoms. The van der Waals surface area contributed by atoms with E-state index in [9.17, 15) is 19.8 Å². The number of amides is 1. The normalized spacial score (nSPS) is 12.6. The van der Waals surface area contributed by atoms with Crippen LogP contribution in [0.15, 0.2) is 24.3 Å². The predicted molar refractivity (Wildman–Crippen MR) is 333 cm³/mol. The molecule has 0 saturated heterocycles. The van der Waals surface area contributed by atoms with Crippen LogP contribution in [0.4, 0.5) is 0 Å². The molecule has 6 heteroatoms. The molecule has 0 aliphatic heterocycles. The number of esters is 1. The molecule has 0 aliphatic rings. The lowest BCUT2D eigenvalue weighted by Crippen LogP contribution is -2.45. The fourth-order valence-electron chi connectivity index (χ4n) is 11.0. The Labute approximate surface area is 475 Å². The Balaban J connectivity index is 3.34. The number of carbonyl (C=O) groups excluding carboxylic acids is 2. The van der Waals surface area contributed by atoms with Crippen molar-refractivity contribution >= 4 is 11.9 Å².